The van der Waals surface area contributed by atoms with Gasteiger partial charge in [-0.2, -0.15) is 0 Å². The van der Waals surface area contributed by atoms with E-state index in [9.17, 15) is 0 Å². The Morgan fingerprint density at radius 3 is 2.47 bits per heavy atom. The third kappa shape index (κ3) is 2.40. The lowest BCUT2D eigenvalue weighted by Gasteiger charge is -2.17. The van der Waals surface area contributed by atoms with Crippen LogP contribution in [0, 0.1) is 6.92 Å². The molecule has 0 spiro atoms. The largest absolute Gasteiger partial charge is 0.467 e. The van der Waals surface area contributed by atoms with E-state index >= 15 is 0 Å². The molecule has 0 aliphatic carbocycles. The van der Waals surface area contributed by atoms with Crippen molar-refractivity contribution in [3.63, 3.8) is 0 Å². The van der Waals surface area contributed by atoms with Crippen molar-refractivity contribution in [2.24, 2.45) is 0 Å². The quantitative estimate of drug-likeness (QED) is 0.758. The lowest BCUT2D eigenvalue weighted by Crippen LogP contribution is -2.15. The molecule has 15 heavy (non-hydrogen) atoms. The van der Waals surface area contributed by atoms with Crippen LogP contribution in [0.2, 0.25) is 0 Å². The zero-order valence-electron chi connectivity index (χ0n) is 9.10. The molecule has 1 aromatic carbocycles. The topological polar surface area (TPSA) is 16.4 Å². The molecule has 0 aliphatic heterocycles. The number of nitrogens with zero attached hydrogens (tertiary/aromatic N) is 1. The minimum Gasteiger partial charge on any atom is -0.467 e. The first kappa shape index (κ1) is 9.84. The van der Waals surface area contributed by atoms with Gasteiger partial charge in [0.15, 0.2) is 0 Å². The summed E-state index contributed by atoms with van der Waals surface area (Å²) in [4.78, 5) is 2.16. The molecule has 1 aromatic heterocycles. The second kappa shape index (κ2) is 4.22. The molecule has 2 aromatic rings. The molecule has 78 valence electrons. The fourth-order valence-electron chi connectivity index (χ4n) is 1.53. The predicted octanol–water partition coefficient (Wildman–Crippen LogP) is 3.22. The zero-order valence-corrected chi connectivity index (χ0v) is 9.10. The average molecular weight is 201 g/mol. The molecule has 1 heterocycles. The van der Waals surface area contributed by atoms with E-state index in [-0.39, 0.29) is 0 Å². The minimum absolute atomic E-state index is 0.802. The Morgan fingerprint density at radius 2 is 1.87 bits per heavy atom. The second-order valence-corrected chi connectivity index (χ2v) is 3.77. The molecule has 0 unspecified atom stereocenters. The summed E-state index contributed by atoms with van der Waals surface area (Å²) in [5.41, 5.74) is 2.49. The summed E-state index contributed by atoms with van der Waals surface area (Å²) < 4.78 is 5.31. The molecule has 0 N–H and O–H groups in total. The third-order valence-corrected chi connectivity index (χ3v) is 2.45. The van der Waals surface area contributed by atoms with Gasteiger partial charge in [-0.05, 0) is 31.2 Å². The Kier molecular flexibility index (Phi) is 2.77. The molecule has 0 fully saturated rings. The van der Waals surface area contributed by atoms with Crippen LogP contribution in [0.1, 0.15) is 11.3 Å². The van der Waals surface area contributed by atoms with Gasteiger partial charge in [-0.15, -0.1) is 0 Å². The standard InChI is InChI=1S/C13H15NO/c1-11-5-7-12(8-6-11)14(2)10-13-4-3-9-15-13/h3-9H,10H2,1-2H3. The van der Waals surface area contributed by atoms with E-state index < -0.39 is 0 Å². The summed E-state index contributed by atoms with van der Waals surface area (Å²) >= 11 is 0. The fraction of sp³-hybridized carbons (Fsp3) is 0.231. The molecule has 0 aliphatic rings. The van der Waals surface area contributed by atoms with Gasteiger partial charge in [0.05, 0.1) is 12.8 Å². The molecular formula is C13H15NO. The van der Waals surface area contributed by atoms with E-state index in [0.717, 1.165) is 12.3 Å². The van der Waals surface area contributed by atoms with Crippen LogP contribution in [0.3, 0.4) is 0 Å². The molecule has 2 rings (SSSR count). The van der Waals surface area contributed by atoms with E-state index in [1.165, 1.54) is 11.3 Å². The summed E-state index contributed by atoms with van der Waals surface area (Å²) in [7, 11) is 2.06. The lowest BCUT2D eigenvalue weighted by molar-refractivity contribution is 0.507. The van der Waals surface area contributed by atoms with E-state index in [1.807, 2.05) is 12.1 Å². The van der Waals surface area contributed by atoms with Gasteiger partial charge in [-0.1, -0.05) is 17.7 Å². The summed E-state index contributed by atoms with van der Waals surface area (Å²) in [6.07, 6.45) is 1.71. The van der Waals surface area contributed by atoms with Crippen molar-refractivity contribution < 1.29 is 4.42 Å². The van der Waals surface area contributed by atoms with Crippen LogP contribution in [-0.4, -0.2) is 7.05 Å². The number of aryl methyl sites for hydroxylation is 1. The maximum atomic E-state index is 5.31. The van der Waals surface area contributed by atoms with E-state index in [1.54, 1.807) is 6.26 Å². The molecule has 2 heteroatoms. The van der Waals surface area contributed by atoms with Gasteiger partial charge in [0.25, 0.3) is 0 Å². The highest BCUT2D eigenvalue weighted by molar-refractivity contribution is 5.46. The molecule has 2 nitrogen and oxygen atoms in total. The minimum atomic E-state index is 0.802. The third-order valence-electron chi connectivity index (χ3n) is 2.45. The second-order valence-electron chi connectivity index (χ2n) is 3.77. The highest BCUT2D eigenvalue weighted by atomic mass is 16.3. The normalized spacial score (nSPS) is 10.3. The van der Waals surface area contributed by atoms with Gasteiger partial charge in [0.1, 0.15) is 5.76 Å². The van der Waals surface area contributed by atoms with Crippen LogP contribution < -0.4 is 4.90 Å². The maximum Gasteiger partial charge on any atom is 0.123 e. The molecular weight excluding hydrogens is 186 g/mol. The van der Waals surface area contributed by atoms with Gasteiger partial charge in [-0.25, -0.2) is 0 Å². The molecule has 0 saturated carbocycles. The summed E-state index contributed by atoms with van der Waals surface area (Å²) in [6.45, 7) is 2.90. The van der Waals surface area contributed by atoms with Gasteiger partial charge < -0.3 is 9.32 Å². The number of anilines is 1. The van der Waals surface area contributed by atoms with Gasteiger partial charge in [0.2, 0.25) is 0 Å². The number of hydrogen-bond acceptors (Lipinski definition) is 2. The van der Waals surface area contributed by atoms with Crippen molar-refractivity contribution in [3.05, 3.63) is 54.0 Å². The van der Waals surface area contributed by atoms with Gasteiger partial charge in [0, 0.05) is 12.7 Å². The first-order valence-electron chi connectivity index (χ1n) is 5.06. The van der Waals surface area contributed by atoms with E-state index in [2.05, 4.69) is 43.1 Å². The first-order valence-corrected chi connectivity index (χ1v) is 5.06. The molecule has 0 amide bonds. The molecule has 0 atom stereocenters. The summed E-state index contributed by atoms with van der Waals surface area (Å²) in [5, 5.41) is 0. The smallest absolute Gasteiger partial charge is 0.123 e. The van der Waals surface area contributed by atoms with Crippen LogP contribution in [0.15, 0.2) is 47.1 Å². The van der Waals surface area contributed by atoms with E-state index in [0.29, 0.717) is 0 Å². The Morgan fingerprint density at radius 1 is 1.13 bits per heavy atom. The van der Waals surface area contributed by atoms with E-state index in [4.69, 9.17) is 4.42 Å². The summed E-state index contributed by atoms with van der Waals surface area (Å²) in [5.74, 6) is 0.984. The van der Waals surface area contributed by atoms with Crippen molar-refractivity contribution in [1.82, 2.24) is 0 Å². The SMILES string of the molecule is Cc1ccc(N(C)Cc2ccco2)cc1. The molecule has 0 radical (unpaired) electrons. The Balaban J connectivity index is 2.08. The highest BCUT2D eigenvalue weighted by Crippen LogP contribution is 2.16. The number of furan rings is 1. The summed E-state index contributed by atoms with van der Waals surface area (Å²) in [6, 6.07) is 12.4. The van der Waals surface area contributed by atoms with Crippen LogP contribution in [0.4, 0.5) is 5.69 Å². The lowest BCUT2D eigenvalue weighted by atomic mass is 10.2. The van der Waals surface area contributed by atoms with Crippen molar-refractivity contribution in [3.8, 4) is 0 Å². The first-order chi connectivity index (χ1) is 7.25. The van der Waals surface area contributed by atoms with Gasteiger partial charge in [-0.3, -0.25) is 0 Å². The van der Waals surface area contributed by atoms with Crippen molar-refractivity contribution in [1.29, 1.82) is 0 Å². The Bertz CT molecular complexity index is 403. The molecule has 0 saturated heterocycles. The van der Waals surface area contributed by atoms with Crippen LogP contribution in [-0.2, 0) is 6.54 Å². The van der Waals surface area contributed by atoms with Gasteiger partial charge >= 0.3 is 0 Å². The van der Waals surface area contributed by atoms with Crippen molar-refractivity contribution in [2.45, 2.75) is 13.5 Å². The monoisotopic (exact) mass is 201 g/mol. The van der Waals surface area contributed by atoms with Crippen LogP contribution in [0.25, 0.3) is 0 Å². The fourth-order valence-corrected chi connectivity index (χ4v) is 1.53. The van der Waals surface area contributed by atoms with Crippen LogP contribution in [0.5, 0.6) is 0 Å². The zero-order chi connectivity index (χ0) is 10.7. The highest BCUT2D eigenvalue weighted by Gasteiger charge is 2.02. The Hall–Kier alpha value is -1.70. The van der Waals surface area contributed by atoms with Crippen molar-refractivity contribution >= 4 is 5.69 Å². The molecule has 0 bridgehead atoms. The maximum absolute atomic E-state index is 5.31. The average Bonchev–Trinajstić information content (AvgIpc) is 2.71. The number of hydrogen-bond donors (Lipinski definition) is 0. The number of rotatable bonds is 3. The number of benzene rings is 1. The predicted molar refractivity (Wildman–Crippen MR) is 62.0 cm³/mol. The van der Waals surface area contributed by atoms with Crippen molar-refractivity contribution in [2.75, 3.05) is 11.9 Å². The van der Waals surface area contributed by atoms with Crippen LogP contribution >= 0.6 is 0 Å². The Labute approximate surface area is 90.1 Å².